The molecule has 0 bridgehead atoms. The van der Waals surface area contributed by atoms with Crippen LogP contribution in [-0.4, -0.2) is 44.8 Å². The number of sulfone groups is 1. The van der Waals surface area contributed by atoms with E-state index in [1.807, 2.05) is 0 Å². The van der Waals surface area contributed by atoms with Crippen molar-refractivity contribution in [2.45, 2.75) is 32.3 Å². The van der Waals surface area contributed by atoms with Gasteiger partial charge in [0.05, 0.1) is 35.1 Å². The van der Waals surface area contributed by atoms with Crippen LogP contribution in [0.3, 0.4) is 0 Å². The standard InChI is InChI=1S/C7H5ClF3NO2S2.C7H5ClF3NOS2.C7H5ClF3NS2.I3.I2.HI/c8-5-3-12-7(15-5)16(13,14)2-1-4(9)6(10)11;8-5-3-12-7(14-5)15(13)2-1-4(9)6(10)11;8-5-3-12-7(14-5)13-2-1-4(9)6(10)11;1-3-2;1-2;/h3H,1-2H2;3H,1-2H2;3H,1-2H2;;;1H/q;;;-1;;. The Balaban J connectivity index is -0.000000631. The van der Waals surface area contributed by atoms with Gasteiger partial charge in [-0.15, -0.1) is 24.0 Å². The normalized spacial score (nSPS) is 10.7. The number of halogens is 18. The summed E-state index contributed by atoms with van der Waals surface area (Å²) in [6.45, 7) is 0. The van der Waals surface area contributed by atoms with Crippen LogP contribution in [0.4, 0.5) is 39.5 Å². The van der Waals surface area contributed by atoms with E-state index in [1.165, 1.54) is 35.5 Å². The molecule has 0 spiro atoms. The van der Waals surface area contributed by atoms with Crippen LogP contribution in [0.1, 0.15) is 19.3 Å². The Kier molecular flexibility index (Phi) is 39.1. The Morgan fingerprint density at radius 2 is 1.18 bits per heavy atom. The van der Waals surface area contributed by atoms with Gasteiger partial charge in [-0.25, -0.2) is 36.5 Å². The van der Waals surface area contributed by atoms with Gasteiger partial charge in [-0.3, -0.25) is 4.21 Å². The van der Waals surface area contributed by atoms with Crippen LogP contribution >= 0.6 is 179 Å². The van der Waals surface area contributed by atoms with E-state index in [9.17, 15) is 52.1 Å². The molecule has 1 unspecified atom stereocenters. The summed E-state index contributed by atoms with van der Waals surface area (Å²) in [4.78, 5) is 11.1. The van der Waals surface area contributed by atoms with Crippen LogP contribution in [0.2, 0.25) is 13.0 Å². The maximum Gasteiger partial charge on any atom is 0.301 e. The topological polar surface area (TPSA) is 89.9 Å². The van der Waals surface area contributed by atoms with Gasteiger partial charge in [-0.05, 0) is 0 Å². The van der Waals surface area contributed by atoms with Crippen LogP contribution < -0.4 is 13.3 Å². The van der Waals surface area contributed by atoms with Crippen molar-refractivity contribution in [1.82, 2.24) is 15.0 Å². The minimum Gasteiger partial charge on any atom is -0.252 e. The molecule has 0 saturated carbocycles. The Labute approximate surface area is 390 Å². The molecular weight excluding hydrogens is 1570 g/mol. The number of thiazole rings is 3. The Morgan fingerprint density at radius 3 is 1.59 bits per heavy atom. The van der Waals surface area contributed by atoms with Gasteiger partial charge < -0.3 is 0 Å². The van der Waals surface area contributed by atoms with E-state index in [0.29, 0.717) is 37.6 Å². The summed E-state index contributed by atoms with van der Waals surface area (Å²) in [5, 5.41) is 0. The van der Waals surface area contributed by atoms with E-state index in [-0.39, 0.29) is 54.9 Å². The molecule has 0 aliphatic carbocycles. The number of aromatic nitrogens is 3. The summed E-state index contributed by atoms with van der Waals surface area (Å²) in [5.74, 6) is -5.39. The first kappa shape index (κ1) is 58.5. The van der Waals surface area contributed by atoms with Crippen molar-refractivity contribution < 1.29 is 65.4 Å². The summed E-state index contributed by atoms with van der Waals surface area (Å²) < 4.78 is 143. The minimum atomic E-state index is -3.85. The van der Waals surface area contributed by atoms with Crippen LogP contribution in [-0.2, 0) is 20.6 Å². The summed E-state index contributed by atoms with van der Waals surface area (Å²) in [5.41, 5.74) is 0. The molecule has 0 fully saturated rings. The fraction of sp³-hybridized carbons (Fsp3) is 0.286. The van der Waals surface area contributed by atoms with Crippen molar-refractivity contribution in [2.24, 2.45) is 0 Å². The van der Waals surface area contributed by atoms with E-state index in [0.717, 1.165) is 17.5 Å². The number of thioether (sulfide) groups is 1. The van der Waals surface area contributed by atoms with E-state index in [2.05, 4.69) is 89.4 Å². The van der Waals surface area contributed by atoms with E-state index < -0.39 is 75.0 Å². The molecule has 0 amide bonds. The van der Waals surface area contributed by atoms with Crippen molar-refractivity contribution in [3.05, 3.63) is 67.3 Å². The minimum absolute atomic E-state index is 0. The number of rotatable bonds is 12. The van der Waals surface area contributed by atoms with Gasteiger partial charge in [0.15, 0.2) is 26.2 Å². The predicted octanol–water partition coefficient (Wildman–Crippen LogP) is 11.9. The molecule has 0 aromatic carbocycles. The average Bonchev–Trinajstić information content (AvgIpc) is 3.81. The zero-order chi connectivity index (χ0) is 39.0. The van der Waals surface area contributed by atoms with Crippen molar-refractivity contribution in [3.8, 4) is 0 Å². The molecule has 3 aromatic heterocycles. The SMILES string of the molecule is FC(F)=C(F)CCSc1ncc(Cl)s1.I.II.I[I-]I.O=S(=O)(CCC(F)=C(F)F)c1ncc(Cl)s1.O=S(CCC(F)=C(F)F)c1ncc(Cl)s1. The molecule has 51 heavy (non-hydrogen) atoms. The zero-order valence-electron chi connectivity index (χ0n) is 23.8. The number of allylic oxidation sites excluding steroid dienone is 3. The molecule has 3 rings (SSSR count). The maximum atomic E-state index is 12.4. The number of hydrogen-bond donors (Lipinski definition) is 0. The quantitative estimate of drug-likeness (QED) is 0.101. The Bertz CT molecular complexity index is 1660. The van der Waals surface area contributed by atoms with E-state index >= 15 is 0 Å². The molecule has 296 valence electrons. The van der Waals surface area contributed by atoms with Crippen LogP contribution in [0, 0.1) is 0 Å². The summed E-state index contributed by atoms with van der Waals surface area (Å²) in [6, 6.07) is 0. The second-order valence-electron chi connectivity index (χ2n) is 7.31. The molecule has 6 nitrogen and oxygen atoms in total. The van der Waals surface area contributed by atoms with Gasteiger partial charge in [0.25, 0.3) is 0 Å². The van der Waals surface area contributed by atoms with Gasteiger partial charge in [-0.2, -0.15) is 26.3 Å². The predicted molar refractivity (Wildman–Crippen MR) is 232 cm³/mol. The van der Waals surface area contributed by atoms with Gasteiger partial charge in [0.2, 0.25) is 14.2 Å². The fourth-order valence-electron chi connectivity index (χ4n) is 2.13. The first-order valence-corrected chi connectivity index (χ1v) is 37.9. The first-order chi connectivity index (χ1) is 23.3. The third-order valence-corrected chi connectivity index (χ3v) is 12.5. The second-order valence-corrected chi connectivity index (χ2v) is 33.9. The van der Waals surface area contributed by atoms with Crippen molar-refractivity contribution >= 4 is 200 Å². The zero-order valence-corrected chi connectivity index (χ0v) is 44.1. The number of hydrogen-bond acceptors (Lipinski definition) is 10. The molecular formula is C21H16Cl3F9I6N3O3S6-. The van der Waals surface area contributed by atoms with Crippen LogP contribution in [0.5, 0.6) is 0 Å². The van der Waals surface area contributed by atoms with Gasteiger partial charge in [0, 0.05) is 68.0 Å². The maximum absolute atomic E-state index is 12.4. The van der Waals surface area contributed by atoms with Crippen LogP contribution in [0.15, 0.2) is 67.3 Å². The van der Waals surface area contributed by atoms with Gasteiger partial charge in [-0.1, -0.05) is 80.6 Å². The molecule has 3 heterocycles. The summed E-state index contributed by atoms with van der Waals surface area (Å²) in [6.07, 6.45) is -4.95. The molecule has 0 aliphatic rings. The molecule has 0 aliphatic heterocycles. The molecule has 1 atom stereocenters. The monoisotopic (exact) mass is 1590 g/mol. The third-order valence-electron chi connectivity index (χ3n) is 4.09. The fourth-order valence-corrected chi connectivity index (χ4v) is 9.28. The molecule has 3 aromatic rings. The summed E-state index contributed by atoms with van der Waals surface area (Å²) >= 11 is 30.3. The molecule has 0 radical (unpaired) electrons. The van der Waals surface area contributed by atoms with Crippen molar-refractivity contribution in [1.29, 1.82) is 0 Å². The number of nitrogens with zero attached hydrogens (tertiary/aromatic N) is 3. The Morgan fingerprint density at radius 1 is 0.745 bits per heavy atom. The van der Waals surface area contributed by atoms with Crippen molar-refractivity contribution in [2.75, 3.05) is 17.3 Å². The second kappa shape index (κ2) is 34.1. The van der Waals surface area contributed by atoms with Crippen molar-refractivity contribution in [3.63, 3.8) is 0 Å². The van der Waals surface area contributed by atoms with Crippen LogP contribution in [0.25, 0.3) is 0 Å². The van der Waals surface area contributed by atoms with Gasteiger partial charge >= 0.3 is 68.7 Å². The first-order valence-electron chi connectivity index (χ1n) is 11.5. The Hall–Kier alpha value is 3.18. The smallest absolute Gasteiger partial charge is 0.252 e. The van der Waals surface area contributed by atoms with Gasteiger partial charge in [0.1, 0.15) is 13.0 Å². The molecule has 30 heteroatoms. The molecule has 0 N–H and O–H groups in total. The molecule has 0 saturated heterocycles. The van der Waals surface area contributed by atoms with E-state index in [4.69, 9.17) is 34.8 Å². The third kappa shape index (κ3) is 29.1. The average molecular weight is 1590 g/mol. The summed E-state index contributed by atoms with van der Waals surface area (Å²) in [7, 11) is -5.44. The van der Waals surface area contributed by atoms with E-state index in [1.54, 1.807) is 0 Å². The largest absolute Gasteiger partial charge is 0.301 e.